The monoisotopic (exact) mass is 756 g/mol. The van der Waals surface area contributed by atoms with Crippen LogP contribution < -0.4 is 21.3 Å². The number of hydrogen-bond acceptors (Lipinski definition) is 12. The molecule has 2 aromatic carbocycles. The molecule has 0 aliphatic carbocycles. The zero-order valence-corrected chi connectivity index (χ0v) is 29.1. The fraction of sp³-hybridized carbons (Fsp3) is 0.500. The van der Waals surface area contributed by atoms with Crippen LogP contribution in [0.4, 0.5) is 4.79 Å². The molecule has 20 heteroatoms. The predicted molar refractivity (Wildman–Crippen MR) is 181 cm³/mol. The fourth-order valence-electron chi connectivity index (χ4n) is 4.71. The molecular weight excluding hydrogens is 712 g/mol. The Bertz CT molecular complexity index is 1670. The number of aliphatic hydroxyl groups excluding tert-OH is 2. The molecule has 0 radical (unpaired) electrons. The molecule has 3 unspecified atom stereocenters. The lowest BCUT2D eigenvalue weighted by Gasteiger charge is -2.28. The largest absolute Gasteiger partial charge is 0.481 e. The molecule has 0 spiro atoms. The number of ether oxygens (including phenoxy) is 1. The number of carbonyl (C=O) groups is 6. The van der Waals surface area contributed by atoms with E-state index >= 15 is 0 Å². The molecule has 0 fully saturated rings. The van der Waals surface area contributed by atoms with Crippen molar-refractivity contribution in [3.63, 3.8) is 0 Å². The van der Waals surface area contributed by atoms with E-state index in [1.807, 2.05) is 41.7 Å². The predicted octanol–water partition coefficient (Wildman–Crippen LogP) is -1.20. The van der Waals surface area contributed by atoms with Gasteiger partial charge in [-0.2, -0.15) is 8.42 Å². The molecule has 9 N–H and O–H groups in total. The van der Waals surface area contributed by atoms with E-state index in [1.165, 1.54) is 0 Å². The number of urea groups is 1. The number of aliphatic hydroxyl groups is 2. The third kappa shape index (κ3) is 15.6. The summed E-state index contributed by atoms with van der Waals surface area (Å²) in [6.07, 6.45) is 0.205. The van der Waals surface area contributed by atoms with E-state index < -0.39 is 109 Å². The quantitative estimate of drug-likeness (QED) is 0.0449. The van der Waals surface area contributed by atoms with Crippen LogP contribution in [0.25, 0.3) is 10.8 Å². The highest BCUT2D eigenvalue weighted by molar-refractivity contribution is 7.85. The number of amides is 4. The third-order valence-electron chi connectivity index (χ3n) is 7.60. The van der Waals surface area contributed by atoms with Crippen molar-refractivity contribution in [3.8, 4) is 0 Å². The number of carbonyl (C=O) groups excluding carboxylic acids is 3. The minimum absolute atomic E-state index is 0.0352. The molecule has 52 heavy (non-hydrogen) atoms. The van der Waals surface area contributed by atoms with E-state index in [-0.39, 0.29) is 32.2 Å². The summed E-state index contributed by atoms with van der Waals surface area (Å²) >= 11 is 0. The average Bonchev–Trinajstić information content (AvgIpc) is 3.07. The molecule has 0 saturated carbocycles. The Labute approximate surface area is 298 Å². The maximum Gasteiger partial charge on any atom is 0.326 e. The molecule has 0 bridgehead atoms. The molecular formula is C32H44N4O15S. The molecule has 19 nitrogen and oxygen atoms in total. The van der Waals surface area contributed by atoms with Crippen molar-refractivity contribution in [2.45, 2.75) is 50.2 Å². The summed E-state index contributed by atoms with van der Waals surface area (Å²) in [5, 5.41) is 57.9. The van der Waals surface area contributed by atoms with Crippen LogP contribution in [0.1, 0.15) is 31.2 Å². The molecule has 4 amide bonds. The summed E-state index contributed by atoms with van der Waals surface area (Å²) in [7, 11) is -3.90. The molecule has 0 aliphatic rings. The van der Waals surface area contributed by atoms with Crippen LogP contribution in [-0.4, -0.2) is 134 Å². The van der Waals surface area contributed by atoms with Gasteiger partial charge in [0.2, 0.25) is 11.8 Å². The number of benzene rings is 2. The first-order valence-corrected chi connectivity index (χ1v) is 17.7. The third-order valence-corrected chi connectivity index (χ3v) is 8.15. The van der Waals surface area contributed by atoms with Gasteiger partial charge in [-0.3, -0.25) is 18.6 Å². The van der Waals surface area contributed by atoms with Crippen molar-refractivity contribution in [3.05, 3.63) is 48.0 Å². The van der Waals surface area contributed by atoms with Crippen molar-refractivity contribution in [1.82, 2.24) is 21.3 Å². The van der Waals surface area contributed by atoms with Crippen molar-refractivity contribution >= 4 is 56.6 Å². The number of hydrogen-bond donors (Lipinski definition) is 9. The average molecular weight is 757 g/mol. The van der Waals surface area contributed by atoms with Gasteiger partial charge in [0.15, 0.2) is 0 Å². The Morgan fingerprint density at radius 2 is 1.44 bits per heavy atom. The maximum absolute atomic E-state index is 13.3. The SMILES string of the molecule is CS(=O)(=O)OCC(CO)(CO)COCC(=O)NC(Cc1ccc2ccccc2c1)C(=O)NCCCCC(NC(=O)NC(CC(=O)O)C(=O)O)C(=O)O. The van der Waals surface area contributed by atoms with Crippen molar-refractivity contribution in [2.75, 3.05) is 45.8 Å². The molecule has 0 aromatic heterocycles. The van der Waals surface area contributed by atoms with Gasteiger partial charge in [0.1, 0.15) is 24.7 Å². The highest BCUT2D eigenvalue weighted by Crippen LogP contribution is 2.19. The van der Waals surface area contributed by atoms with E-state index in [9.17, 15) is 52.5 Å². The van der Waals surface area contributed by atoms with Gasteiger partial charge in [-0.05, 0) is 35.6 Å². The summed E-state index contributed by atoms with van der Waals surface area (Å²) in [5.74, 6) is -5.86. The topological polar surface area (TPSA) is 304 Å². The zero-order valence-electron chi connectivity index (χ0n) is 28.3. The van der Waals surface area contributed by atoms with E-state index in [0.717, 1.165) is 17.0 Å². The Morgan fingerprint density at radius 3 is 2.04 bits per heavy atom. The van der Waals surface area contributed by atoms with Gasteiger partial charge in [0.25, 0.3) is 10.1 Å². The zero-order chi connectivity index (χ0) is 38.9. The standard InChI is InChI=1S/C32H44N4O15S/c1-52(48,49)51-19-32(16-37,17-38)18-50-15-26(39)34-24(13-20-9-10-21-6-2-3-7-22(21)12-20)28(42)33-11-5-4-8-23(29(43)44)35-31(47)36-25(30(45)46)14-27(40)41/h2-3,6-7,9-10,12,23-25,37-38H,4-5,8,11,13-19H2,1H3,(H,33,42)(H,34,39)(H,40,41)(H,43,44)(H,45,46)(H2,35,36,47). The van der Waals surface area contributed by atoms with E-state index in [0.29, 0.717) is 5.56 Å². The molecule has 288 valence electrons. The Balaban J connectivity index is 2.01. The Kier molecular flexibility index (Phi) is 17.3. The summed E-state index contributed by atoms with van der Waals surface area (Å²) < 4.78 is 32.8. The summed E-state index contributed by atoms with van der Waals surface area (Å²) in [5.41, 5.74) is -0.828. The smallest absolute Gasteiger partial charge is 0.326 e. The van der Waals surface area contributed by atoms with Gasteiger partial charge in [-0.1, -0.05) is 42.5 Å². The molecule has 0 heterocycles. The van der Waals surface area contributed by atoms with Crippen LogP contribution in [0.2, 0.25) is 0 Å². The fourth-order valence-corrected chi connectivity index (χ4v) is 5.18. The summed E-state index contributed by atoms with van der Waals surface area (Å²) in [6, 6.07) is 7.46. The van der Waals surface area contributed by atoms with Gasteiger partial charge in [0.05, 0.1) is 44.5 Å². The molecule has 0 aliphatic heterocycles. The second-order valence-electron chi connectivity index (χ2n) is 12.1. The van der Waals surface area contributed by atoms with Crippen LogP contribution >= 0.6 is 0 Å². The van der Waals surface area contributed by atoms with Crippen LogP contribution in [0.5, 0.6) is 0 Å². The number of unbranched alkanes of at least 4 members (excludes halogenated alkanes) is 1. The lowest BCUT2D eigenvalue weighted by molar-refractivity contribution is -0.145. The summed E-state index contributed by atoms with van der Waals surface area (Å²) in [4.78, 5) is 72.0. The minimum Gasteiger partial charge on any atom is -0.481 e. The molecule has 2 rings (SSSR count). The highest BCUT2D eigenvalue weighted by atomic mass is 32.2. The maximum atomic E-state index is 13.3. The van der Waals surface area contributed by atoms with E-state index in [2.05, 4.69) is 20.1 Å². The number of aliphatic carboxylic acids is 3. The molecule has 3 atom stereocenters. The first-order chi connectivity index (χ1) is 24.5. The van der Waals surface area contributed by atoms with Gasteiger partial charge < -0.3 is 51.5 Å². The van der Waals surface area contributed by atoms with Gasteiger partial charge in [0, 0.05) is 13.0 Å². The molecule has 0 saturated heterocycles. The number of fused-ring (bicyclic) bond motifs is 1. The lowest BCUT2D eigenvalue weighted by Crippen LogP contribution is -2.51. The van der Waals surface area contributed by atoms with Crippen LogP contribution in [0.15, 0.2) is 42.5 Å². The second kappa shape index (κ2) is 20.8. The van der Waals surface area contributed by atoms with E-state index in [4.69, 9.17) is 14.9 Å². The summed E-state index contributed by atoms with van der Waals surface area (Å²) in [6.45, 7) is -3.09. The minimum atomic E-state index is -3.90. The first-order valence-electron chi connectivity index (χ1n) is 15.9. The number of carboxylic acids is 3. The van der Waals surface area contributed by atoms with Crippen molar-refractivity contribution < 1.29 is 71.6 Å². The second-order valence-corrected chi connectivity index (χ2v) is 13.7. The van der Waals surface area contributed by atoms with Gasteiger partial charge in [-0.15, -0.1) is 0 Å². The van der Waals surface area contributed by atoms with E-state index in [1.54, 1.807) is 6.07 Å². The van der Waals surface area contributed by atoms with Crippen LogP contribution in [0, 0.1) is 5.41 Å². The van der Waals surface area contributed by atoms with Crippen LogP contribution in [-0.2, 0) is 49.4 Å². The number of nitrogens with one attached hydrogen (secondary N) is 4. The Morgan fingerprint density at radius 1 is 0.808 bits per heavy atom. The first kappa shape index (κ1) is 43.3. The van der Waals surface area contributed by atoms with Gasteiger partial charge >= 0.3 is 23.9 Å². The number of rotatable bonds is 24. The van der Waals surface area contributed by atoms with Crippen molar-refractivity contribution in [2.24, 2.45) is 5.41 Å². The molecule has 2 aromatic rings. The number of carboxylic acid groups (broad SMARTS) is 3. The highest BCUT2D eigenvalue weighted by Gasteiger charge is 2.32. The van der Waals surface area contributed by atoms with Gasteiger partial charge in [-0.25, -0.2) is 14.4 Å². The lowest BCUT2D eigenvalue weighted by atomic mass is 9.93. The normalized spacial score (nSPS) is 13.4. The Hall–Kier alpha value is -4.89. The van der Waals surface area contributed by atoms with Crippen molar-refractivity contribution in [1.29, 1.82) is 0 Å². The van der Waals surface area contributed by atoms with Crippen LogP contribution in [0.3, 0.4) is 0 Å².